The lowest BCUT2D eigenvalue weighted by molar-refractivity contribution is -0.132. The third-order valence-corrected chi connectivity index (χ3v) is 2.78. The summed E-state index contributed by atoms with van der Waals surface area (Å²) in [6.45, 7) is 3.36. The van der Waals surface area contributed by atoms with E-state index >= 15 is 0 Å². The lowest BCUT2D eigenvalue weighted by Gasteiger charge is -2.27. The molecule has 1 aliphatic rings. The molecule has 0 aromatic carbocycles. The smallest absolute Gasteiger partial charge is 0.224 e. The van der Waals surface area contributed by atoms with Crippen LogP contribution in [0.2, 0.25) is 0 Å². The molecule has 1 rings (SSSR count). The fourth-order valence-corrected chi connectivity index (χ4v) is 2.12. The van der Waals surface area contributed by atoms with Crippen molar-refractivity contribution in [2.24, 2.45) is 5.73 Å². The molecule has 3 heteroatoms. The molecule has 0 heterocycles. The van der Waals surface area contributed by atoms with Crippen LogP contribution in [0, 0.1) is 0 Å². The maximum Gasteiger partial charge on any atom is 0.224 e. The van der Waals surface area contributed by atoms with Crippen molar-refractivity contribution in [3.63, 3.8) is 0 Å². The first-order chi connectivity index (χ1) is 6.29. The predicted molar refractivity (Wildman–Crippen MR) is 53.3 cm³/mol. The minimum atomic E-state index is 0.233. The van der Waals surface area contributed by atoms with Crippen molar-refractivity contribution in [1.82, 2.24) is 4.90 Å². The lowest BCUT2D eigenvalue weighted by atomic mass is 10.2. The van der Waals surface area contributed by atoms with Gasteiger partial charge in [0.1, 0.15) is 0 Å². The number of nitrogens with two attached hydrogens (primary N) is 1. The number of hydrogen-bond acceptors (Lipinski definition) is 2. The van der Waals surface area contributed by atoms with Crippen LogP contribution in [0.5, 0.6) is 0 Å². The van der Waals surface area contributed by atoms with Crippen molar-refractivity contribution >= 4 is 5.91 Å². The molecule has 0 radical (unpaired) electrons. The van der Waals surface area contributed by atoms with Gasteiger partial charge in [0.15, 0.2) is 0 Å². The normalized spacial score (nSPS) is 17.7. The van der Waals surface area contributed by atoms with E-state index in [2.05, 4.69) is 0 Å². The van der Waals surface area contributed by atoms with Crippen molar-refractivity contribution < 1.29 is 4.79 Å². The molecule has 0 bridgehead atoms. The maximum atomic E-state index is 11.6. The molecule has 3 nitrogen and oxygen atoms in total. The Kier molecular flexibility index (Phi) is 4.22. The van der Waals surface area contributed by atoms with Crippen LogP contribution in [0.3, 0.4) is 0 Å². The van der Waals surface area contributed by atoms with Gasteiger partial charge in [-0.25, -0.2) is 0 Å². The molecule has 1 aliphatic carbocycles. The Morgan fingerprint density at radius 1 is 1.46 bits per heavy atom. The summed E-state index contributed by atoms with van der Waals surface area (Å²) in [6.07, 6.45) is 5.42. The summed E-state index contributed by atoms with van der Waals surface area (Å²) in [7, 11) is 0. The number of hydrogen-bond donors (Lipinski definition) is 1. The zero-order chi connectivity index (χ0) is 9.68. The molecule has 1 amide bonds. The van der Waals surface area contributed by atoms with Crippen LogP contribution in [0.4, 0.5) is 0 Å². The van der Waals surface area contributed by atoms with Gasteiger partial charge >= 0.3 is 0 Å². The first kappa shape index (κ1) is 10.5. The van der Waals surface area contributed by atoms with Gasteiger partial charge in [0.25, 0.3) is 0 Å². The highest BCUT2D eigenvalue weighted by atomic mass is 16.2. The van der Waals surface area contributed by atoms with E-state index in [-0.39, 0.29) is 5.91 Å². The largest absolute Gasteiger partial charge is 0.340 e. The van der Waals surface area contributed by atoms with Gasteiger partial charge < -0.3 is 10.6 Å². The van der Waals surface area contributed by atoms with E-state index in [1.807, 2.05) is 11.8 Å². The van der Waals surface area contributed by atoms with E-state index in [0.29, 0.717) is 19.0 Å². The standard InChI is InChI=1S/C10H20N2O/c1-2-12(10(13)7-8-11)9-5-3-4-6-9/h9H,2-8,11H2,1H3. The summed E-state index contributed by atoms with van der Waals surface area (Å²) in [5.41, 5.74) is 5.37. The fraction of sp³-hybridized carbons (Fsp3) is 0.900. The molecular formula is C10H20N2O. The van der Waals surface area contributed by atoms with E-state index in [1.165, 1.54) is 25.7 Å². The summed E-state index contributed by atoms with van der Waals surface area (Å²) < 4.78 is 0. The van der Waals surface area contributed by atoms with Crippen LogP contribution in [0.1, 0.15) is 39.0 Å². The average molecular weight is 184 g/mol. The first-order valence-electron chi connectivity index (χ1n) is 5.29. The topological polar surface area (TPSA) is 46.3 Å². The van der Waals surface area contributed by atoms with Crippen molar-refractivity contribution in [3.8, 4) is 0 Å². The Hall–Kier alpha value is -0.570. The number of carbonyl (C=O) groups is 1. The molecule has 2 N–H and O–H groups in total. The van der Waals surface area contributed by atoms with Gasteiger partial charge in [-0.2, -0.15) is 0 Å². The molecule has 13 heavy (non-hydrogen) atoms. The van der Waals surface area contributed by atoms with E-state index < -0.39 is 0 Å². The highest BCUT2D eigenvalue weighted by Gasteiger charge is 2.24. The van der Waals surface area contributed by atoms with E-state index in [4.69, 9.17) is 5.73 Å². The Balaban J connectivity index is 2.44. The molecule has 1 saturated carbocycles. The van der Waals surface area contributed by atoms with Crippen LogP contribution in [-0.2, 0) is 4.79 Å². The van der Waals surface area contributed by atoms with Crippen molar-refractivity contribution in [2.75, 3.05) is 13.1 Å². The second kappa shape index (κ2) is 5.22. The minimum Gasteiger partial charge on any atom is -0.340 e. The van der Waals surface area contributed by atoms with Crippen LogP contribution in [0.15, 0.2) is 0 Å². The van der Waals surface area contributed by atoms with Gasteiger partial charge in [0.05, 0.1) is 0 Å². The van der Waals surface area contributed by atoms with Gasteiger partial charge in [-0.3, -0.25) is 4.79 Å². The minimum absolute atomic E-state index is 0.233. The zero-order valence-electron chi connectivity index (χ0n) is 8.46. The molecule has 1 fully saturated rings. The van der Waals surface area contributed by atoms with Crippen molar-refractivity contribution in [1.29, 1.82) is 0 Å². The molecule has 0 atom stereocenters. The maximum absolute atomic E-state index is 11.6. The number of carbonyl (C=O) groups excluding carboxylic acids is 1. The van der Waals surface area contributed by atoms with Gasteiger partial charge in [-0.1, -0.05) is 12.8 Å². The summed E-state index contributed by atoms with van der Waals surface area (Å²) in [5, 5.41) is 0. The van der Waals surface area contributed by atoms with Gasteiger partial charge in [-0.15, -0.1) is 0 Å². The molecule has 0 spiro atoms. The second-order valence-electron chi connectivity index (χ2n) is 3.66. The van der Waals surface area contributed by atoms with Crippen molar-refractivity contribution in [3.05, 3.63) is 0 Å². The molecule has 76 valence electrons. The monoisotopic (exact) mass is 184 g/mol. The van der Waals surface area contributed by atoms with Crippen LogP contribution >= 0.6 is 0 Å². The van der Waals surface area contributed by atoms with E-state index in [9.17, 15) is 4.79 Å². The van der Waals surface area contributed by atoms with Crippen molar-refractivity contribution in [2.45, 2.75) is 45.1 Å². The van der Waals surface area contributed by atoms with Gasteiger partial charge in [0, 0.05) is 25.6 Å². The molecule has 0 unspecified atom stereocenters. The Morgan fingerprint density at radius 3 is 2.54 bits per heavy atom. The van der Waals surface area contributed by atoms with Gasteiger partial charge in [-0.05, 0) is 19.8 Å². The number of amides is 1. The highest BCUT2D eigenvalue weighted by Crippen LogP contribution is 2.23. The summed E-state index contributed by atoms with van der Waals surface area (Å²) in [6, 6.07) is 0.504. The summed E-state index contributed by atoms with van der Waals surface area (Å²) >= 11 is 0. The molecular weight excluding hydrogens is 164 g/mol. The summed E-state index contributed by atoms with van der Waals surface area (Å²) in [5.74, 6) is 0.233. The highest BCUT2D eigenvalue weighted by molar-refractivity contribution is 5.76. The van der Waals surface area contributed by atoms with Crippen LogP contribution < -0.4 is 5.73 Å². The molecule has 0 aliphatic heterocycles. The third-order valence-electron chi connectivity index (χ3n) is 2.78. The molecule has 0 aromatic rings. The SMILES string of the molecule is CCN(C(=O)CCN)C1CCCC1. The third kappa shape index (κ3) is 2.69. The molecule has 0 saturated heterocycles. The van der Waals surface area contributed by atoms with Crippen LogP contribution in [-0.4, -0.2) is 29.9 Å². The van der Waals surface area contributed by atoms with E-state index in [1.54, 1.807) is 0 Å². The second-order valence-corrected chi connectivity index (χ2v) is 3.66. The number of nitrogens with zero attached hydrogens (tertiary/aromatic N) is 1. The fourth-order valence-electron chi connectivity index (χ4n) is 2.12. The number of rotatable bonds is 4. The lowest BCUT2D eigenvalue weighted by Crippen LogP contribution is -2.39. The predicted octanol–water partition coefficient (Wildman–Crippen LogP) is 1.13. The zero-order valence-corrected chi connectivity index (χ0v) is 8.46. The van der Waals surface area contributed by atoms with Gasteiger partial charge in [0.2, 0.25) is 5.91 Å². The average Bonchev–Trinajstić information content (AvgIpc) is 2.59. The molecule has 0 aromatic heterocycles. The van der Waals surface area contributed by atoms with E-state index in [0.717, 1.165) is 6.54 Å². The van der Waals surface area contributed by atoms with Crippen LogP contribution in [0.25, 0.3) is 0 Å². The first-order valence-corrected chi connectivity index (χ1v) is 5.29. The Bertz CT molecular complexity index is 164. The Morgan fingerprint density at radius 2 is 2.08 bits per heavy atom. The quantitative estimate of drug-likeness (QED) is 0.712. The summed E-state index contributed by atoms with van der Waals surface area (Å²) in [4.78, 5) is 13.6. The Labute approximate surface area is 80.3 Å².